The molecule has 108 valence electrons. The molecular weight excluding hydrogens is 329 g/mol. The third kappa shape index (κ3) is 2.81. The molecule has 3 rings (SSSR count). The van der Waals surface area contributed by atoms with Gasteiger partial charge in [-0.1, -0.05) is 46.6 Å². The Morgan fingerprint density at radius 3 is 2.62 bits per heavy atom. The minimum atomic E-state index is -0.351. The number of halogens is 2. The van der Waals surface area contributed by atoms with Crippen LogP contribution < -0.4 is 11.3 Å². The highest BCUT2D eigenvalue weighted by atomic mass is 35.5. The van der Waals surface area contributed by atoms with E-state index in [0.717, 1.165) is 16.9 Å². The predicted octanol–water partition coefficient (Wildman–Crippen LogP) is 3.19. The summed E-state index contributed by atoms with van der Waals surface area (Å²) in [6.45, 7) is 0. The Bertz CT molecular complexity index is 740. The fraction of sp³-hybridized carbons (Fsp3) is 0.0769. The minimum absolute atomic E-state index is 0.351. The SMILES string of the molecule is NNC(c1cc(Cl)sc1Cl)c1cnnn1-c1ccccc1. The number of hydrogen-bond acceptors (Lipinski definition) is 5. The molecule has 5 nitrogen and oxygen atoms in total. The second-order valence-corrected chi connectivity index (χ2v) is 6.57. The Morgan fingerprint density at radius 2 is 2.00 bits per heavy atom. The highest BCUT2D eigenvalue weighted by molar-refractivity contribution is 7.20. The summed E-state index contributed by atoms with van der Waals surface area (Å²) in [6, 6.07) is 11.1. The van der Waals surface area contributed by atoms with Crippen molar-refractivity contribution in [2.45, 2.75) is 6.04 Å². The third-order valence-electron chi connectivity index (χ3n) is 3.03. The highest BCUT2D eigenvalue weighted by Crippen LogP contribution is 2.37. The lowest BCUT2D eigenvalue weighted by Gasteiger charge is -2.16. The van der Waals surface area contributed by atoms with Crippen molar-refractivity contribution in [1.29, 1.82) is 0 Å². The fourth-order valence-corrected chi connectivity index (χ4v) is 3.63. The van der Waals surface area contributed by atoms with E-state index >= 15 is 0 Å². The molecule has 0 aliphatic carbocycles. The van der Waals surface area contributed by atoms with Crippen LogP contribution in [0.25, 0.3) is 5.69 Å². The smallest absolute Gasteiger partial charge is 0.0996 e. The van der Waals surface area contributed by atoms with Crippen LogP contribution in [0.15, 0.2) is 42.6 Å². The van der Waals surface area contributed by atoms with Crippen molar-refractivity contribution in [2.75, 3.05) is 0 Å². The molecule has 1 aromatic carbocycles. The summed E-state index contributed by atoms with van der Waals surface area (Å²) in [5, 5.41) is 8.09. The van der Waals surface area contributed by atoms with Crippen LogP contribution in [0.5, 0.6) is 0 Å². The molecule has 1 atom stereocenters. The topological polar surface area (TPSA) is 68.8 Å². The molecule has 0 aliphatic heterocycles. The first-order valence-corrected chi connectivity index (χ1v) is 7.65. The molecule has 0 fully saturated rings. The van der Waals surface area contributed by atoms with Crippen LogP contribution in [-0.4, -0.2) is 15.0 Å². The first-order chi connectivity index (χ1) is 10.2. The van der Waals surface area contributed by atoms with Gasteiger partial charge in [0.25, 0.3) is 0 Å². The maximum Gasteiger partial charge on any atom is 0.0996 e. The quantitative estimate of drug-likeness (QED) is 0.565. The van der Waals surface area contributed by atoms with E-state index < -0.39 is 0 Å². The van der Waals surface area contributed by atoms with Crippen molar-refractivity contribution < 1.29 is 0 Å². The zero-order valence-corrected chi connectivity index (χ0v) is 13.0. The molecule has 0 saturated carbocycles. The molecule has 8 heteroatoms. The Morgan fingerprint density at radius 1 is 1.24 bits per heavy atom. The minimum Gasteiger partial charge on any atom is -0.271 e. The van der Waals surface area contributed by atoms with Gasteiger partial charge in [-0.25, -0.2) is 10.1 Å². The van der Waals surface area contributed by atoms with Crippen molar-refractivity contribution in [3.05, 3.63) is 62.5 Å². The Kier molecular flexibility index (Phi) is 4.23. The summed E-state index contributed by atoms with van der Waals surface area (Å²) < 4.78 is 2.91. The van der Waals surface area contributed by atoms with Gasteiger partial charge in [-0.15, -0.1) is 16.4 Å². The lowest BCUT2D eigenvalue weighted by atomic mass is 10.1. The second kappa shape index (κ2) is 6.13. The molecule has 3 aromatic rings. The van der Waals surface area contributed by atoms with Crippen molar-refractivity contribution in [3.8, 4) is 5.69 Å². The molecule has 0 spiro atoms. The van der Waals surface area contributed by atoms with E-state index in [1.807, 2.05) is 30.3 Å². The number of thiophene rings is 1. The van der Waals surface area contributed by atoms with E-state index in [1.54, 1.807) is 16.9 Å². The molecule has 21 heavy (non-hydrogen) atoms. The zero-order chi connectivity index (χ0) is 14.8. The summed E-state index contributed by atoms with van der Waals surface area (Å²) in [4.78, 5) is 0. The first-order valence-electron chi connectivity index (χ1n) is 6.07. The van der Waals surface area contributed by atoms with Gasteiger partial charge >= 0.3 is 0 Å². The maximum atomic E-state index is 6.22. The Balaban J connectivity index is 2.07. The fourth-order valence-electron chi connectivity index (χ4n) is 2.09. The van der Waals surface area contributed by atoms with Crippen molar-refractivity contribution >= 4 is 34.5 Å². The number of nitrogens with one attached hydrogen (secondary N) is 1. The molecule has 0 radical (unpaired) electrons. The number of para-hydroxylation sites is 1. The largest absolute Gasteiger partial charge is 0.271 e. The van der Waals surface area contributed by atoms with E-state index in [4.69, 9.17) is 29.0 Å². The average molecular weight is 340 g/mol. The monoisotopic (exact) mass is 339 g/mol. The lowest BCUT2D eigenvalue weighted by Crippen LogP contribution is -2.30. The van der Waals surface area contributed by atoms with Crippen LogP contribution in [-0.2, 0) is 0 Å². The molecule has 2 aromatic heterocycles. The molecule has 0 amide bonds. The number of benzene rings is 1. The molecule has 1 unspecified atom stereocenters. The van der Waals surface area contributed by atoms with Gasteiger partial charge in [0, 0.05) is 5.56 Å². The molecule has 0 saturated heterocycles. The van der Waals surface area contributed by atoms with Gasteiger partial charge in [0.1, 0.15) is 0 Å². The van der Waals surface area contributed by atoms with Gasteiger partial charge in [0.15, 0.2) is 0 Å². The van der Waals surface area contributed by atoms with Gasteiger partial charge in [-0.05, 0) is 18.2 Å². The van der Waals surface area contributed by atoms with E-state index in [-0.39, 0.29) is 6.04 Å². The number of nitrogens with two attached hydrogens (primary N) is 1. The third-order valence-corrected chi connectivity index (χ3v) is 4.55. The molecular formula is C13H11Cl2N5S. The summed E-state index contributed by atoms with van der Waals surface area (Å²) in [5.41, 5.74) is 5.22. The Labute approximate surface area is 135 Å². The van der Waals surface area contributed by atoms with E-state index in [1.165, 1.54) is 11.3 Å². The average Bonchev–Trinajstić information content (AvgIpc) is 3.09. The van der Waals surface area contributed by atoms with Crippen molar-refractivity contribution in [2.24, 2.45) is 5.84 Å². The summed E-state index contributed by atoms with van der Waals surface area (Å²) in [5.74, 6) is 5.71. The summed E-state index contributed by atoms with van der Waals surface area (Å²) in [6.07, 6.45) is 1.65. The van der Waals surface area contributed by atoms with Crippen LogP contribution >= 0.6 is 34.5 Å². The Hall–Kier alpha value is -1.44. The molecule has 0 bridgehead atoms. The van der Waals surface area contributed by atoms with E-state index in [2.05, 4.69) is 15.7 Å². The van der Waals surface area contributed by atoms with Gasteiger partial charge in [-0.2, -0.15) is 0 Å². The molecule has 3 N–H and O–H groups in total. The van der Waals surface area contributed by atoms with Crippen LogP contribution in [0, 0.1) is 0 Å². The van der Waals surface area contributed by atoms with Crippen LogP contribution in [0.4, 0.5) is 0 Å². The standard InChI is InChI=1S/C13H11Cl2N5S/c14-11-6-9(13(15)21-11)12(18-16)10-7-17-19-20(10)8-4-2-1-3-5-8/h1-7,12,18H,16H2. The van der Waals surface area contributed by atoms with Gasteiger partial charge in [0.05, 0.1) is 32.3 Å². The van der Waals surface area contributed by atoms with Crippen LogP contribution in [0.1, 0.15) is 17.3 Å². The molecule has 0 aliphatic rings. The van der Waals surface area contributed by atoms with Crippen LogP contribution in [0.2, 0.25) is 8.67 Å². The van der Waals surface area contributed by atoms with Crippen LogP contribution in [0.3, 0.4) is 0 Å². The number of rotatable bonds is 4. The number of aromatic nitrogens is 3. The highest BCUT2D eigenvalue weighted by Gasteiger charge is 2.23. The zero-order valence-electron chi connectivity index (χ0n) is 10.7. The normalized spacial score (nSPS) is 12.5. The summed E-state index contributed by atoms with van der Waals surface area (Å²) >= 11 is 13.5. The van der Waals surface area contributed by atoms with Crippen molar-refractivity contribution in [3.63, 3.8) is 0 Å². The second-order valence-electron chi connectivity index (χ2n) is 4.29. The molecule has 2 heterocycles. The van der Waals surface area contributed by atoms with Crippen molar-refractivity contribution in [1.82, 2.24) is 20.4 Å². The number of hydrogen-bond donors (Lipinski definition) is 2. The first kappa shape index (κ1) is 14.5. The van der Waals surface area contributed by atoms with E-state index in [0.29, 0.717) is 8.67 Å². The number of nitrogens with zero attached hydrogens (tertiary/aromatic N) is 3. The summed E-state index contributed by atoms with van der Waals surface area (Å²) in [7, 11) is 0. The predicted molar refractivity (Wildman–Crippen MR) is 84.9 cm³/mol. The van der Waals surface area contributed by atoms with Gasteiger partial charge in [-0.3, -0.25) is 5.84 Å². The van der Waals surface area contributed by atoms with E-state index in [9.17, 15) is 0 Å². The lowest BCUT2D eigenvalue weighted by molar-refractivity contribution is 0.597. The van der Waals surface area contributed by atoms with Gasteiger partial charge in [0.2, 0.25) is 0 Å². The van der Waals surface area contributed by atoms with Gasteiger partial charge < -0.3 is 0 Å². The number of hydrazine groups is 1. The maximum absolute atomic E-state index is 6.22.